The van der Waals surface area contributed by atoms with Gasteiger partial charge in [0.15, 0.2) is 0 Å². The van der Waals surface area contributed by atoms with E-state index in [-0.39, 0.29) is 18.1 Å². The van der Waals surface area contributed by atoms with Crippen LogP contribution in [-0.4, -0.2) is 33.7 Å². The van der Waals surface area contributed by atoms with Crippen molar-refractivity contribution in [3.63, 3.8) is 0 Å². The van der Waals surface area contributed by atoms with Gasteiger partial charge in [-0.3, -0.25) is 9.48 Å². The smallest absolute Gasteiger partial charge is 0.226 e. The van der Waals surface area contributed by atoms with Crippen molar-refractivity contribution in [1.82, 2.24) is 14.7 Å². The van der Waals surface area contributed by atoms with Gasteiger partial charge in [0.1, 0.15) is 6.10 Å². The van der Waals surface area contributed by atoms with E-state index in [1.807, 2.05) is 24.3 Å². The summed E-state index contributed by atoms with van der Waals surface area (Å²) in [5.74, 6) is 0.197. The van der Waals surface area contributed by atoms with Crippen LogP contribution in [0.2, 0.25) is 0 Å². The van der Waals surface area contributed by atoms with Gasteiger partial charge in [-0.1, -0.05) is 0 Å². The van der Waals surface area contributed by atoms with Gasteiger partial charge < -0.3 is 9.64 Å². The Morgan fingerprint density at radius 2 is 2.43 bits per heavy atom. The van der Waals surface area contributed by atoms with Crippen LogP contribution in [0.4, 0.5) is 0 Å². The second kappa shape index (κ2) is 6.09. The lowest BCUT2D eigenvalue weighted by molar-refractivity contribution is -0.135. The van der Waals surface area contributed by atoms with Crippen LogP contribution in [0.15, 0.2) is 23.8 Å². The Bertz CT molecular complexity index is 708. The molecule has 2 aromatic heterocycles. The number of carbonyl (C=O) groups is 1. The third-order valence-electron chi connectivity index (χ3n) is 4.81. The molecular weight excluding hydrogens is 310 g/mol. The van der Waals surface area contributed by atoms with Crippen molar-refractivity contribution in [2.24, 2.45) is 7.05 Å². The SMILES string of the molecule is Cn1cc([C@@H]2CCCN2C(=O)C[C@@H]2OCCc3ccsc32)cn1. The molecule has 0 saturated carbocycles. The molecule has 0 radical (unpaired) electrons. The van der Waals surface area contributed by atoms with Crippen LogP contribution in [-0.2, 0) is 23.0 Å². The molecule has 0 N–H and O–H groups in total. The Balaban J connectivity index is 1.49. The average Bonchev–Trinajstić information content (AvgIpc) is 3.26. The van der Waals surface area contributed by atoms with Gasteiger partial charge in [0.2, 0.25) is 5.91 Å². The van der Waals surface area contributed by atoms with E-state index < -0.39 is 0 Å². The van der Waals surface area contributed by atoms with Crippen LogP contribution in [0, 0.1) is 0 Å². The van der Waals surface area contributed by atoms with Gasteiger partial charge in [0, 0.05) is 30.2 Å². The van der Waals surface area contributed by atoms with Crippen molar-refractivity contribution in [1.29, 1.82) is 0 Å². The van der Waals surface area contributed by atoms with E-state index in [9.17, 15) is 4.79 Å². The van der Waals surface area contributed by atoms with Crippen LogP contribution >= 0.6 is 11.3 Å². The van der Waals surface area contributed by atoms with E-state index in [2.05, 4.69) is 16.5 Å². The summed E-state index contributed by atoms with van der Waals surface area (Å²) in [5.41, 5.74) is 2.49. The first-order chi connectivity index (χ1) is 11.2. The zero-order valence-corrected chi connectivity index (χ0v) is 14.1. The molecule has 2 aliphatic rings. The van der Waals surface area contributed by atoms with Crippen LogP contribution < -0.4 is 0 Å². The number of ether oxygens (including phenoxy) is 1. The minimum atomic E-state index is -0.0681. The van der Waals surface area contributed by atoms with Crippen molar-refractivity contribution in [2.45, 2.75) is 37.8 Å². The molecule has 0 unspecified atom stereocenters. The quantitative estimate of drug-likeness (QED) is 0.869. The standard InChI is InChI=1S/C17H21N3O2S/c1-19-11-13(10-18-19)14-3-2-6-20(14)16(21)9-15-17-12(4-7-22-15)5-8-23-17/h5,8,10-11,14-15H,2-4,6-7,9H2,1H3/t14-,15-/m0/s1. The van der Waals surface area contributed by atoms with E-state index >= 15 is 0 Å². The Morgan fingerprint density at radius 1 is 1.52 bits per heavy atom. The zero-order valence-electron chi connectivity index (χ0n) is 13.3. The summed E-state index contributed by atoms with van der Waals surface area (Å²) in [6.07, 6.45) is 7.32. The molecule has 6 heteroatoms. The Hall–Kier alpha value is -1.66. The molecule has 122 valence electrons. The largest absolute Gasteiger partial charge is 0.372 e. The second-order valence-corrected chi connectivity index (χ2v) is 7.26. The fourth-order valence-electron chi connectivity index (χ4n) is 3.67. The second-order valence-electron chi connectivity index (χ2n) is 6.32. The number of aryl methyl sites for hydroxylation is 1. The lowest BCUT2D eigenvalue weighted by Gasteiger charge is -2.28. The molecule has 1 fully saturated rings. The highest BCUT2D eigenvalue weighted by Gasteiger charge is 2.33. The lowest BCUT2D eigenvalue weighted by Crippen LogP contribution is -2.32. The molecule has 5 nitrogen and oxygen atoms in total. The molecule has 2 aliphatic heterocycles. The molecule has 23 heavy (non-hydrogen) atoms. The summed E-state index contributed by atoms with van der Waals surface area (Å²) in [6.45, 7) is 1.55. The van der Waals surface area contributed by atoms with Gasteiger partial charge in [-0.25, -0.2) is 0 Å². The maximum Gasteiger partial charge on any atom is 0.226 e. The van der Waals surface area contributed by atoms with E-state index in [1.54, 1.807) is 16.0 Å². The van der Waals surface area contributed by atoms with Crippen molar-refractivity contribution in [3.05, 3.63) is 39.8 Å². The average molecular weight is 331 g/mol. The summed E-state index contributed by atoms with van der Waals surface area (Å²) in [6, 6.07) is 2.33. The molecule has 1 amide bonds. The molecule has 2 atom stereocenters. The van der Waals surface area contributed by atoms with Crippen molar-refractivity contribution >= 4 is 17.2 Å². The number of thiophene rings is 1. The number of rotatable bonds is 3. The Kier molecular flexibility index (Phi) is 3.95. The zero-order chi connectivity index (χ0) is 15.8. The fourth-order valence-corrected chi connectivity index (χ4v) is 4.68. The van der Waals surface area contributed by atoms with Crippen LogP contribution in [0.25, 0.3) is 0 Å². The highest BCUT2D eigenvalue weighted by molar-refractivity contribution is 7.10. The van der Waals surface area contributed by atoms with E-state index in [0.717, 1.165) is 31.4 Å². The number of nitrogens with zero attached hydrogens (tertiary/aromatic N) is 3. The molecule has 0 spiro atoms. The number of likely N-dealkylation sites (tertiary alicyclic amines) is 1. The first kappa shape index (κ1) is 14.9. The van der Waals surface area contributed by atoms with Crippen LogP contribution in [0.1, 0.15) is 47.4 Å². The topological polar surface area (TPSA) is 47.4 Å². The van der Waals surface area contributed by atoms with Crippen LogP contribution in [0.3, 0.4) is 0 Å². The molecule has 2 aromatic rings. The molecule has 0 aliphatic carbocycles. The maximum atomic E-state index is 12.9. The van der Waals surface area contributed by atoms with Gasteiger partial charge in [0.25, 0.3) is 0 Å². The van der Waals surface area contributed by atoms with Crippen LogP contribution in [0.5, 0.6) is 0 Å². The summed E-state index contributed by atoms with van der Waals surface area (Å²) in [7, 11) is 1.92. The van der Waals surface area contributed by atoms with Gasteiger partial charge in [0.05, 0.1) is 25.3 Å². The molecule has 4 heterocycles. The van der Waals surface area contributed by atoms with Gasteiger partial charge in [-0.2, -0.15) is 5.10 Å². The van der Waals surface area contributed by atoms with Gasteiger partial charge in [-0.05, 0) is 36.3 Å². The molecule has 0 aromatic carbocycles. The summed E-state index contributed by atoms with van der Waals surface area (Å²) < 4.78 is 7.69. The highest BCUT2D eigenvalue weighted by Crippen LogP contribution is 2.37. The molecular formula is C17H21N3O2S. The normalized spacial score (nSPS) is 24.0. The number of amides is 1. The van der Waals surface area contributed by atoms with Crippen molar-refractivity contribution < 1.29 is 9.53 Å². The number of fused-ring (bicyclic) bond motifs is 1. The monoisotopic (exact) mass is 331 g/mol. The number of carbonyl (C=O) groups excluding carboxylic acids is 1. The van der Waals surface area contributed by atoms with Gasteiger partial charge >= 0.3 is 0 Å². The van der Waals surface area contributed by atoms with Crippen molar-refractivity contribution in [2.75, 3.05) is 13.2 Å². The number of hydrogen-bond acceptors (Lipinski definition) is 4. The predicted octanol–water partition coefficient (Wildman–Crippen LogP) is 2.85. The Labute approximate surface area is 139 Å². The lowest BCUT2D eigenvalue weighted by atomic mass is 10.0. The van der Waals surface area contributed by atoms with E-state index in [0.29, 0.717) is 13.0 Å². The molecule has 4 rings (SSSR count). The van der Waals surface area contributed by atoms with E-state index in [1.165, 1.54) is 10.4 Å². The number of aromatic nitrogens is 2. The predicted molar refractivity (Wildman–Crippen MR) is 88.2 cm³/mol. The minimum absolute atomic E-state index is 0.0681. The van der Waals surface area contributed by atoms with Gasteiger partial charge in [-0.15, -0.1) is 11.3 Å². The molecule has 1 saturated heterocycles. The molecule has 0 bridgehead atoms. The highest BCUT2D eigenvalue weighted by atomic mass is 32.1. The third kappa shape index (κ3) is 2.81. The maximum absolute atomic E-state index is 12.9. The van der Waals surface area contributed by atoms with Crippen molar-refractivity contribution in [3.8, 4) is 0 Å². The Morgan fingerprint density at radius 3 is 3.26 bits per heavy atom. The van der Waals surface area contributed by atoms with E-state index in [4.69, 9.17) is 4.74 Å². The third-order valence-corrected chi connectivity index (χ3v) is 5.86. The summed E-state index contributed by atoms with van der Waals surface area (Å²) >= 11 is 1.71. The fraction of sp³-hybridized carbons (Fsp3) is 0.529. The minimum Gasteiger partial charge on any atom is -0.372 e. The summed E-state index contributed by atoms with van der Waals surface area (Å²) in [5, 5.41) is 6.35. The first-order valence-corrected chi connectivity index (χ1v) is 9.06. The summed E-state index contributed by atoms with van der Waals surface area (Å²) in [4.78, 5) is 16.1. The first-order valence-electron chi connectivity index (χ1n) is 8.18. The number of hydrogen-bond donors (Lipinski definition) is 0.